The van der Waals surface area contributed by atoms with E-state index in [-0.39, 0.29) is 12.5 Å². The van der Waals surface area contributed by atoms with Crippen LogP contribution in [-0.2, 0) is 4.79 Å². The average molecular weight is 412 g/mol. The smallest absolute Gasteiger partial charge is 0.264 e. The molecule has 4 rings (SSSR count). The number of hydrogen-bond donors (Lipinski definition) is 1. The number of amides is 1. The normalized spacial score (nSPS) is 10.6. The molecule has 0 saturated heterocycles. The lowest BCUT2D eigenvalue weighted by molar-refractivity contribution is -0.118. The molecule has 0 aliphatic heterocycles. The molecule has 6 nitrogen and oxygen atoms in total. The van der Waals surface area contributed by atoms with E-state index in [0.717, 1.165) is 10.2 Å². The van der Waals surface area contributed by atoms with Crippen molar-refractivity contribution in [2.45, 2.75) is 0 Å². The number of hydrogen-bond acceptors (Lipinski definition) is 6. The van der Waals surface area contributed by atoms with Gasteiger partial charge in [0.1, 0.15) is 11.5 Å². The second-order valence-electron chi connectivity index (χ2n) is 5.71. The molecule has 4 aromatic rings. The number of pyridine rings is 1. The molecule has 28 heavy (non-hydrogen) atoms. The van der Waals surface area contributed by atoms with Gasteiger partial charge in [0.25, 0.3) is 5.91 Å². The summed E-state index contributed by atoms with van der Waals surface area (Å²) in [5.74, 6) is 1.26. The van der Waals surface area contributed by atoms with Gasteiger partial charge in [-0.15, -0.1) is 0 Å². The standard InChI is InChI=1S/C20H14ClN3O3S/c21-13-7-8-16-17(10-13)28-20(23-16)24-18(25)12-26-14-4-3-5-15(11-14)27-19-6-1-2-9-22-19/h1-11H,12H2,(H,23,24,25). The highest BCUT2D eigenvalue weighted by Crippen LogP contribution is 2.28. The Kier molecular flexibility index (Phi) is 5.36. The number of thiazole rings is 1. The van der Waals surface area contributed by atoms with Crippen molar-refractivity contribution in [1.82, 2.24) is 9.97 Å². The third-order valence-corrected chi connectivity index (χ3v) is 4.80. The zero-order chi connectivity index (χ0) is 19.3. The highest BCUT2D eigenvalue weighted by molar-refractivity contribution is 7.22. The van der Waals surface area contributed by atoms with Gasteiger partial charge in [0.15, 0.2) is 11.7 Å². The first kappa shape index (κ1) is 18.2. The van der Waals surface area contributed by atoms with E-state index in [2.05, 4.69) is 15.3 Å². The molecule has 2 aromatic carbocycles. The van der Waals surface area contributed by atoms with Crippen LogP contribution in [-0.4, -0.2) is 22.5 Å². The van der Waals surface area contributed by atoms with Crippen LogP contribution in [0.5, 0.6) is 17.4 Å². The third-order valence-electron chi connectivity index (χ3n) is 3.63. The van der Waals surface area contributed by atoms with Crippen LogP contribution >= 0.6 is 22.9 Å². The summed E-state index contributed by atoms with van der Waals surface area (Å²) in [6, 6.07) is 17.8. The minimum absolute atomic E-state index is 0.149. The Morgan fingerprint density at radius 2 is 1.96 bits per heavy atom. The summed E-state index contributed by atoms with van der Waals surface area (Å²) in [5.41, 5.74) is 0.782. The summed E-state index contributed by atoms with van der Waals surface area (Å²) in [6.07, 6.45) is 1.65. The van der Waals surface area contributed by atoms with E-state index >= 15 is 0 Å². The van der Waals surface area contributed by atoms with Crippen molar-refractivity contribution in [3.05, 3.63) is 71.9 Å². The van der Waals surface area contributed by atoms with Crippen LogP contribution < -0.4 is 14.8 Å². The van der Waals surface area contributed by atoms with Gasteiger partial charge in [-0.25, -0.2) is 9.97 Å². The van der Waals surface area contributed by atoms with E-state index in [1.807, 2.05) is 24.3 Å². The van der Waals surface area contributed by atoms with E-state index in [0.29, 0.717) is 27.5 Å². The van der Waals surface area contributed by atoms with Gasteiger partial charge in [0.2, 0.25) is 5.88 Å². The summed E-state index contributed by atoms with van der Waals surface area (Å²) < 4.78 is 12.1. The molecule has 0 fully saturated rings. The molecule has 0 unspecified atom stereocenters. The van der Waals surface area contributed by atoms with Crippen molar-refractivity contribution >= 4 is 44.2 Å². The molecule has 0 bridgehead atoms. The largest absolute Gasteiger partial charge is 0.484 e. The van der Waals surface area contributed by atoms with Crippen LogP contribution in [0, 0.1) is 0 Å². The van der Waals surface area contributed by atoms with Crippen LogP contribution in [0.4, 0.5) is 5.13 Å². The second-order valence-corrected chi connectivity index (χ2v) is 7.18. The molecule has 0 spiro atoms. The minimum atomic E-state index is -0.304. The van der Waals surface area contributed by atoms with Gasteiger partial charge in [-0.3, -0.25) is 10.1 Å². The Bertz CT molecular complexity index is 1120. The maximum Gasteiger partial charge on any atom is 0.264 e. The summed E-state index contributed by atoms with van der Waals surface area (Å²) >= 11 is 7.33. The summed E-state index contributed by atoms with van der Waals surface area (Å²) in [6.45, 7) is -0.149. The van der Waals surface area contributed by atoms with E-state index in [4.69, 9.17) is 21.1 Å². The highest BCUT2D eigenvalue weighted by Gasteiger charge is 2.09. The molecular weight excluding hydrogens is 398 g/mol. The molecule has 0 radical (unpaired) electrons. The lowest BCUT2D eigenvalue weighted by atomic mass is 10.3. The molecule has 2 heterocycles. The van der Waals surface area contributed by atoms with Gasteiger partial charge >= 0.3 is 0 Å². The van der Waals surface area contributed by atoms with Crippen LogP contribution in [0.1, 0.15) is 0 Å². The maximum atomic E-state index is 12.2. The zero-order valence-corrected chi connectivity index (χ0v) is 16.0. The molecule has 0 saturated carbocycles. The van der Waals surface area contributed by atoms with Crippen molar-refractivity contribution < 1.29 is 14.3 Å². The van der Waals surface area contributed by atoms with E-state index in [9.17, 15) is 4.79 Å². The number of halogens is 1. The first-order valence-corrected chi connectivity index (χ1v) is 9.53. The van der Waals surface area contributed by atoms with Gasteiger partial charge in [-0.2, -0.15) is 0 Å². The number of nitrogens with zero attached hydrogens (tertiary/aromatic N) is 2. The number of ether oxygens (including phenoxy) is 2. The SMILES string of the molecule is O=C(COc1cccc(Oc2ccccn2)c1)Nc1nc2ccc(Cl)cc2s1. The fourth-order valence-electron chi connectivity index (χ4n) is 2.41. The molecule has 0 aliphatic rings. The number of aromatic nitrogens is 2. The van der Waals surface area contributed by atoms with Gasteiger partial charge in [0.05, 0.1) is 10.2 Å². The van der Waals surface area contributed by atoms with E-state index < -0.39 is 0 Å². The number of rotatable bonds is 6. The molecule has 2 aromatic heterocycles. The summed E-state index contributed by atoms with van der Waals surface area (Å²) in [4.78, 5) is 20.6. The number of anilines is 1. The van der Waals surface area contributed by atoms with Crippen molar-refractivity contribution in [2.75, 3.05) is 11.9 Å². The highest BCUT2D eigenvalue weighted by atomic mass is 35.5. The zero-order valence-electron chi connectivity index (χ0n) is 14.5. The number of benzene rings is 2. The Labute approximate surface area is 169 Å². The Balaban J connectivity index is 1.35. The van der Waals surface area contributed by atoms with Crippen molar-refractivity contribution in [3.8, 4) is 17.4 Å². The Morgan fingerprint density at radius 1 is 1.07 bits per heavy atom. The van der Waals surface area contributed by atoms with Crippen molar-refractivity contribution in [3.63, 3.8) is 0 Å². The van der Waals surface area contributed by atoms with Crippen LogP contribution in [0.2, 0.25) is 5.02 Å². The number of carbonyl (C=O) groups excluding carboxylic acids is 1. The molecule has 140 valence electrons. The first-order chi connectivity index (χ1) is 13.7. The van der Waals surface area contributed by atoms with Crippen molar-refractivity contribution in [1.29, 1.82) is 0 Å². The van der Waals surface area contributed by atoms with Crippen molar-refractivity contribution in [2.24, 2.45) is 0 Å². The fourth-order valence-corrected chi connectivity index (χ4v) is 3.57. The van der Waals surface area contributed by atoms with Gasteiger partial charge in [0, 0.05) is 23.4 Å². The number of fused-ring (bicyclic) bond motifs is 1. The second kappa shape index (κ2) is 8.24. The predicted octanol–water partition coefficient (Wildman–Crippen LogP) is 5.15. The first-order valence-electron chi connectivity index (χ1n) is 8.33. The predicted molar refractivity (Wildman–Crippen MR) is 110 cm³/mol. The monoisotopic (exact) mass is 411 g/mol. The molecule has 1 amide bonds. The van der Waals surface area contributed by atoms with E-state index in [1.54, 1.807) is 42.6 Å². The molecular formula is C20H14ClN3O3S. The summed E-state index contributed by atoms with van der Waals surface area (Å²) in [7, 11) is 0. The molecule has 0 aliphatic carbocycles. The maximum absolute atomic E-state index is 12.2. The molecule has 0 atom stereocenters. The van der Waals surface area contributed by atoms with Crippen LogP contribution in [0.15, 0.2) is 66.9 Å². The summed E-state index contributed by atoms with van der Waals surface area (Å²) in [5, 5.41) is 3.86. The van der Waals surface area contributed by atoms with Gasteiger partial charge in [-0.1, -0.05) is 35.1 Å². The lowest BCUT2D eigenvalue weighted by Gasteiger charge is -2.08. The molecule has 1 N–H and O–H groups in total. The lowest BCUT2D eigenvalue weighted by Crippen LogP contribution is -2.19. The van der Waals surface area contributed by atoms with E-state index in [1.165, 1.54) is 11.3 Å². The quantitative estimate of drug-likeness (QED) is 0.474. The van der Waals surface area contributed by atoms with Gasteiger partial charge in [-0.05, 0) is 36.4 Å². The molecule has 8 heteroatoms. The fraction of sp³-hybridized carbons (Fsp3) is 0.0500. The average Bonchev–Trinajstić information content (AvgIpc) is 3.09. The van der Waals surface area contributed by atoms with Gasteiger partial charge < -0.3 is 9.47 Å². The minimum Gasteiger partial charge on any atom is -0.484 e. The van der Waals surface area contributed by atoms with Crippen LogP contribution in [0.3, 0.4) is 0 Å². The Hall–Kier alpha value is -3.16. The third kappa shape index (κ3) is 4.57. The Morgan fingerprint density at radius 3 is 2.82 bits per heavy atom. The topological polar surface area (TPSA) is 73.3 Å². The number of carbonyl (C=O) groups is 1. The van der Waals surface area contributed by atoms with Crippen LogP contribution in [0.25, 0.3) is 10.2 Å². The number of nitrogens with one attached hydrogen (secondary N) is 1.